The summed E-state index contributed by atoms with van der Waals surface area (Å²) in [6, 6.07) is 24.3. The largest absolute Gasteiger partial charge is 0.336 e. The van der Waals surface area contributed by atoms with E-state index in [1.165, 1.54) is 11.1 Å². The van der Waals surface area contributed by atoms with E-state index in [9.17, 15) is 4.79 Å². The van der Waals surface area contributed by atoms with Gasteiger partial charge in [-0.2, -0.15) is 0 Å². The molecule has 3 aromatic carbocycles. The first-order valence-corrected chi connectivity index (χ1v) is 11.4. The van der Waals surface area contributed by atoms with Crippen LogP contribution in [-0.2, 0) is 0 Å². The van der Waals surface area contributed by atoms with Crippen LogP contribution in [0, 0.1) is 0 Å². The van der Waals surface area contributed by atoms with Crippen molar-refractivity contribution in [2.24, 2.45) is 0 Å². The Kier molecular flexibility index (Phi) is 6.79. The van der Waals surface area contributed by atoms with E-state index in [1.54, 1.807) is 18.2 Å². The molecule has 30 heavy (non-hydrogen) atoms. The standard InChI is InChI=1S/C24H21BrCl2N2O/c25-19-11-9-18(10-12-19)23(17-5-2-1-3-6-17)28-13-15-29(16-14-28)24(30)22-20(26)7-4-8-21(22)27/h1-12,23H,13-16H2/t23-/m1/s1. The zero-order chi connectivity index (χ0) is 21.1. The highest BCUT2D eigenvalue weighted by atomic mass is 79.9. The van der Waals surface area contributed by atoms with Crippen molar-refractivity contribution in [2.45, 2.75) is 6.04 Å². The summed E-state index contributed by atoms with van der Waals surface area (Å²) >= 11 is 16.0. The summed E-state index contributed by atoms with van der Waals surface area (Å²) in [7, 11) is 0. The summed E-state index contributed by atoms with van der Waals surface area (Å²) in [5.74, 6) is -0.106. The topological polar surface area (TPSA) is 23.6 Å². The normalized spacial score (nSPS) is 15.8. The Bertz CT molecular complexity index is 999. The van der Waals surface area contributed by atoms with Crippen LogP contribution in [0.4, 0.5) is 0 Å². The summed E-state index contributed by atoms with van der Waals surface area (Å²) in [6.45, 7) is 2.79. The van der Waals surface area contributed by atoms with Gasteiger partial charge in [0.2, 0.25) is 0 Å². The molecule has 1 aliphatic heterocycles. The summed E-state index contributed by atoms with van der Waals surface area (Å²) in [5, 5.41) is 0.791. The second kappa shape index (κ2) is 9.52. The van der Waals surface area contributed by atoms with Crippen LogP contribution in [0.15, 0.2) is 77.3 Å². The minimum atomic E-state index is -0.106. The molecule has 0 aromatic heterocycles. The molecule has 1 fully saturated rings. The van der Waals surface area contributed by atoms with Crippen LogP contribution in [0.3, 0.4) is 0 Å². The summed E-state index contributed by atoms with van der Waals surface area (Å²) in [5.41, 5.74) is 2.87. The van der Waals surface area contributed by atoms with Crippen LogP contribution in [0.25, 0.3) is 0 Å². The molecular weight excluding hydrogens is 483 g/mol. The van der Waals surface area contributed by atoms with Crippen LogP contribution >= 0.6 is 39.1 Å². The van der Waals surface area contributed by atoms with Gasteiger partial charge in [-0.3, -0.25) is 9.69 Å². The van der Waals surface area contributed by atoms with Gasteiger partial charge in [-0.05, 0) is 35.4 Å². The summed E-state index contributed by atoms with van der Waals surface area (Å²) < 4.78 is 1.06. The maximum absolute atomic E-state index is 13.0. The average Bonchev–Trinajstić information content (AvgIpc) is 2.76. The highest BCUT2D eigenvalue weighted by Gasteiger charge is 2.29. The van der Waals surface area contributed by atoms with Gasteiger partial charge in [0.15, 0.2) is 0 Å². The van der Waals surface area contributed by atoms with Crippen molar-refractivity contribution in [1.29, 1.82) is 0 Å². The molecule has 1 heterocycles. The fourth-order valence-corrected chi connectivity index (χ4v) is 4.76. The second-order valence-electron chi connectivity index (χ2n) is 7.29. The Morgan fingerprint density at radius 2 is 1.33 bits per heavy atom. The lowest BCUT2D eigenvalue weighted by molar-refractivity contribution is 0.0597. The lowest BCUT2D eigenvalue weighted by Crippen LogP contribution is -2.50. The van der Waals surface area contributed by atoms with E-state index in [1.807, 2.05) is 11.0 Å². The minimum absolute atomic E-state index is 0.106. The van der Waals surface area contributed by atoms with Gasteiger partial charge in [0, 0.05) is 30.7 Å². The molecule has 0 N–H and O–H groups in total. The quantitative estimate of drug-likeness (QED) is 0.416. The van der Waals surface area contributed by atoms with Gasteiger partial charge in [0.05, 0.1) is 21.7 Å². The number of rotatable bonds is 4. The van der Waals surface area contributed by atoms with Crippen molar-refractivity contribution in [2.75, 3.05) is 26.2 Å². The molecule has 1 atom stereocenters. The van der Waals surface area contributed by atoms with Crippen LogP contribution in [0.5, 0.6) is 0 Å². The van der Waals surface area contributed by atoms with Crippen LogP contribution in [0.2, 0.25) is 10.0 Å². The van der Waals surface area contributed by atoms with E-state index in [4.69, 9.17) is 23.2 Å². The Labute approximate surface area is 195 Å². The highest BCUT2D eigenvalue weighted by Crippen LogP contribution is 2.31. The second-order valence-corrected chi connectivity index (χ2v) is 9.02. The molecule has 0 radical (unpaired) electrons. The molecule has 1 amide bonds. The number of nitrogens with zero attached hydrogens (tertiary/aromatic N) is 2. The summed E-state index contributed by atoms with van der Waals surface area (Å²) in [4.78, 5) is 17.3. The molecule has 4 rings (SSSR count). The van der Waals surface area contributed by atoms with Crippen molar-refractivity contribution in [3.05, 3.63) is 104 Å². The molecule has 0 spiro atoms. The van der Waals surface area contributed by atoms with E-state index in [2.05, 4.69) is 69.4 Å². The number of carbonyl (C=O) groups excluding carboxylic acids is 1. The Hall–Kier alpha value is -1.85. The number of carbonyl (C=O) groups is 1. The van der Waals surface area contributed by atoms with Gasteiger partial charge in [-0.1, -0.05) is 87.7 Å². The van der Waals surface area contributed by atoms with Crippen molar-refractivity contribution in [3.63, 3.8) is 0 Å². The van der Waals surface area contributed by atoms with Crippen molar-refractivity contribution < 1.29 is 4.79 Å². The molecule has 3 aromatic rings. The molecule has 154 valence electrons. The molecule has 1 aliphatic rings. The van der Waals surface area contributed by atoms with E-state index in [0.29, 0.717) is 28.7 Å². The van der Waals surface area contributed by atoms with Gasteiger partial charge in [-0.25, -0.2) is 0 Å². The Morgan fingerprint density at radius 1 is 0.767 bits per heavy atom. The minimum Gasteiger partial charge on any atom is -0.336 e. The first-order chi connectivity index (χ1) is 14.5. The van der Waals surface area contributed by atoms with E-state index < -0.39 is 0 Å². The fraction of sp³-hybridized carbons (Fsp3) is 0.208. The lowest BCUT2D eigenvalue weighted by atomic mass is 9.96. The molecule has 0 aliphatic carbocycles. The maximum Gasteiger partial charge on any atom is 0.256 e. The molecule has 0 bridgehead atoms. The molecule has 3 nitrogen and oxygen atoms in total. The van der Waals surface area contributed by atoms with Crippen molar-refractivity contribution in [3.8, 4) is 0 Å². The third-order valence-corrected chi connectivity index (χ3v) is 6.60. The van der Waals surface area contributed by atoms with Crippen LogP contribution < -0.4 is 0 Å². The third kappa shape index (κ3) is 4.57. The number of halogens is 3. The van der Waals surface area contributed by atoms with Gasteiger partial charge >= 0.3 is 0 Å². The zero-order valence-electron chi connectivity index (χ0n) is 16.3. The van der Waals surface area contributed by atoms with Crippen molar-refractivity contribution >= 4 is 45.0 Å². The van der Waals surface area contributed by atoms with Gasteiger partial charge < -0.3 is 4.90 Å². The van der Waals surface area contributed by atoms with Gasteiger partial charge in [0.25, 0.3) is 5.91 Å². The zero-order valence-corrected chi connectivity index (χ0v) is 19.4. The SMILES string of the molecule is O=C(c1c(Cl)cccc1Cl)N1CCN([C@H](c2ccccc2)c2ccc(Br)cc2)CC1. The first kappa shape index (κ1) is 21.4. The Morgan fingerprint density at radius 3 is 1.93 bits per heavy atom. The fourth-order valence-electron chi connectivity index (χ4n) is 3.94. The number of hydrogen-bond donors (Lipinski definition) is 0. The molecule has 0 saturated carbocycles. The number of hydrogen-bond acceptors (Lipinski definition) is 2. The predicted molar refractivity (Wildman–Crippen MR) is 126 cm³/mol. The van der Waals surface area contributed by atoms with Crippen LogP contribution in [0.1, 0.15) is 27.5 Å². The Balaban J connectivity index is 1.54. The number of benzene rings is 3. The van der Waals surface area contributed by atoms with Crippen molar-refractivity contribution in [1.82, 2.24) is 9.80 Å². The highest BCUT2D eigenvalue weighted by molar-refractivity contribution is 9.10. The van der Waals surface area contributed by atoms with E-state index in [0.717, 1.165) is 17.6 Å². The predicted octanol–water partition coefficient (Wildman–Crippen LogP) is 6.30. The first-order valence-electron chi connectivity index (χ1n) is 9.82. The molecule has 1 saturated heterocycles. The van der Waals surface area contributed by atoms with Gasteiger partial charge in [-0.15, -0.1) is 0 Å². The van der Waals surface area contributed by atoms with E-state index >= 15 is 0 Å². The molecule has 6 heteroatoms. The number of amides is 1. The lowest BCUT2D eigenvalue weighted by Gasteiger charge is -2.40. The van der Waals surface area contributed by atoms with E-state index in [-0.39, 0.29) is 11.9 Å². The maximum atomic E-state index is 13.0. The number of piperazine rings is 1. The molecule has 0 unspecified atom stereocenters. The van der Waals surface area contributed by atoms with Gasteiger partial charge in [0.1, 0.15) is 0 Å². The summed E-state index contributed by atoms with van der Waals surface area (Å²) in [6.07, 6.45) is 0. The van der Waals surface area contributed by atoms with Crippen LogP contribution in [-0.4, -0.2) is 41.9 Å². The molecular formula is C24H21BrCl2N2O. The monoisotopic (exact) mass is 502 g/mol. The third-order valence-electron chi connectivity index (χ3n) is 5.44. The average molecular weight is 504 g/mol. The smallest absolute Gasteiger partial charge is 0.256 e.